The number of aliphatic hydroxyl groups excluding tert-OH is 1. The predicted octanol–water partition coefficient (Wildman–Crippen LogP) is 4.52. The van der Waals surface area contributed by atoms with Gasteiger partial charge in [0.2, 0.25) is 0 Å². The number of hydrogen-bond acceptors (Lipinski definition) is 1. The third kappa shape index (κ3) is 2.66. The number of aryl methyl sites for hydroxylation is 1. The monoisotopic (exact) mass is 284 g/mol. The van der Waals surface area contributed by atoms with E-state index in [1.807, 2.05) is 0 Å². The van der Waals surface area contributed by atoms with Gasteiger partial charge in [-0.05, 0) is 42.3 Å². The molecule has 0 spiro atoms. The number of benzene rings is 2. The fourth-order valence-electron chi connectivity index (χ4n) is 1.81. The van der Waals surface area contributed by atoms with Gasteiger partial charge in [0.25, 0.3) is 0 Å². The average Bonchev–Trinajstić information content (AvgIpc) is 2.33. The lowest BCUT2D eigenvalue weighted by molar-refractivity contribution is 0.215. The molecule has 0 radical (unpaired) electrons. The van der Waals surface area contributed by atoms with Crippen LogP contribution in [0.5, 0.6) is 0 Å². The van der Waals surface area contributed by atoms with Crippen molar-refractivity contribution in [2.45, 2.75) is 13.0 Å². The van der Waals surface area contributed by atoms with Crippen molar-refractivity contribution in [1.29, 1.82) is 0 Å². The maximum atomic E-state index is 14.0. The van der Waals surface area contributed by atoms with Crippen molar-refractivity contribution in [3.05, 3.63) is 69.0 Å². The lowest BCUT2D eigenvalue weighted by atomic mass is 9.99. The maximum absolute atomic E-state index is 14.0. The molecule has 0 bridgehead atoms. The summed E-state index contributed by atoms with van der Waals surface area (Å²) in [6, 6.07) is 9.63. The first kappa shape index (κ1) is 13.3. The van der Waals surface area contributed by atoms with Crippen LogP contribution >= 0.6 is 23.2 Å². The Morgan fingerprint density at radius 3 is 2.50 bits per heavy atom. The van der Waals surface area contributed by atoms with Crippen molar-refractivity contribution >= 4 is 23.2 Å². The number of rotatable bonds is 2. The molecule has 0 saturated carbocycles. The summed E-state index contributed by atoms with van der Waals surface area (Å²) in [4.78, 5) is 0. The van der Waals surface area contributed by atoms with E-state index in [-0.39, 0.29) is 5.56 Å². The summed E-state index contributed by atoms with van der Waals surface area (Å²) in [5.74, 6) is -0.452. The van der Waals surface area contributed by atoms with Crippen LogP contribution in [-0.4, -0.2) is 5.11 Å². The molecule has 18 heavy (non-hydrogen) atoms. The zero-order valence-electron chi connectivity index (χ0n) is 9.62. The number of hydrogen-bond donors (Lipinski definition) is 1. The highest BCUT2D eigenvalue weighted by atomic mass is 35.5. The van der Waals surface area contributed by atoms with Crippen LogP contribution in [0.3, 0.4) is 0 Å². The first-order valence-electron chi connectivity index (χ1n) is 5.38. The normalized spacial score (nSPS) is 12.5. The fourth-order valence-corrected chi connectivity index (χ4v) is 2.29. The molecular weight excluding hydrogens is 274 g/mol. The topological polar surface area (TPSA) is 20.2 Å². The van der Waals surface area contributed by atoms with Crippen molar-refractivity contribution in [2.75, 3.05) is 0 Å². The van der Waals surface area contributed by atoms with Crippen molar-refractivity contribution in [3.63, 3.8) is 0 Å². The Kier molecular flexibility index (Phi) is 3.91. The summed E-state index contributed by atoms with van der Waals surface area (Å²) in [5, 5.41) is 11.1. The molecule has 0 amide bonds. The summed E-state index contributed by atoms with van der Waals surface area (Å²) in [6.45, 7) is 1.61. The number of halogens is 3. The van der Waals surface area contributed by atoms with Crippen molar-refractivity contribution in [1.82, 2.24) is 0 Å². The smallest absolute Gasteiger partial charge is 0.132 e. The molecule has 0 aromatic heterocycles. The van der Waals surface area contributed by atoms with Gasteiger partial charge in [-0.1, -0.05) is 35.3 Å². The Labute approximate surface area is 115 Å². The minimum atomic E-state index is -1.08. The minimum absolute atomic E-state index is 0.155. The summed E-state index contributed by atoms with van der Waals surface area (Å²) < 4.78 is 14.0. The second-order valence-electron chi connectivity index (χ2n) is 4.08. The predicted molar refractivity (Wildman–Crippen MR) is 71.7 cm³/mol. The van der Waals surface area contributed by atoms with Gasteiger partial charge >= 0.3 is 0 Å². The quantitative estimate of drug-likeness (QED) is 0.860. The Morgan fingerprint density at radius 2 is 1.83 bits per heavy atom. The third-order valence-electron chi connectivity index (χ3n) is 2.71. The minimum Gasteiger partial charge on any atom is -0.384 e. The summed E-state index contributed by atoms with van der Waals surface area (Å²) in [7, 11) is 0. The van der Waals surface area contributed by atoms with Crippen molar-refractivity contribution in [2.24, 2.45) is 0 Å². The molecule has 0 saturated heterocycles. The van der Waals surface area contributed by atoms with Gasteiger partial charge in [-0.3, -0.25) is 0 Å². The average molecular weight is 285 g/mol. The Morgan fingerprint density at radius 1 is 1.11 bits per heavy atom. The molecule has 2 aromatic carbocycles. The Balaban J connectivity index is 2.49. The molecule has 0 aliphatic heterocycles. The maximum Gasteiger partial charge on any atom is 0.132 e. The standard InChI is InChI=1S/C14H11Cl2FO/c1-8-5-11(16)7-12(13(8)17)14(18)9-3-2-4-10(15)6-9/h2-7,14,18H,1H3. The molecule has 1 N–H and O–H groups in total. The van der Waals surface area contributed by atoms with Crippen LogP contribution < -0.4 is 0 Å². The van der Waals surface area contributed by atoms with Gasteiger partial charge in [0.05, 0.1) is 0 Å². The van der Waals surface area contributed by atoms with Crippen LogP contribution in [0.1, 0.15) is 22.8 Å². The molecule has 1 nitrogen and oxygen atoms in total. The van der Waals surface area contributed by atoms with E-state index in [1.54, 1.807) is 31.2 Å². The zero-order valence-corrected chi connectivity index (χ0v) is 11.1. The van der Waals surface area contributed by atoms with Gasteiger partial charge in [0.1, 0.15) is 11.9 Å². The number of aliphatic hydroxyl groups is 1. The molecule has 0 fully saturated rings. The zero-order chi connectivity index (χ0) is 13.3. The van der Waals surface area contributed by atoms with Crippen LogP contribution in [0.15, 0.2) is 36.4 Å². The van der Waals surface area contributed by atoms with E-state index in [1.165, 1.54) is 12.1 Å². The highest BCUT2D eigenvalue weighted by Gasteiger charge is 2.17. The molecule has 2 aromatic rings. The summed E-state index contributed by atoms with van der Waals surface area (Å²) in [5.41, 5.74) is 1.09. The molecule has 2 rings (SSSR count). The molecule has 1 atom stereocenters. The van der Waals surface area contributed by atoms with Gasteiger partial charge in [0.15, 0.2) is 0 Å². The van der Waals surface area contributed by atoms with Crippen LogP contribution in [-0.2, 0) is 0 Å². The first-order chi connectivity index (χ1) is 8.49. The lowest BCUT2D eigenvalue weighted by Crippen LogP contribution is -2.04. The van der Waals surface area contributed by atoms with E-state index in [2.05, 4.69) is 0 Å². The van der Waals surface area contributed by atoms with E-state index < -0.39 is 11.9 Å². The molecule has 1 unspecified atom stereocenters. The highest BCUT2D eigenvalue weighted by molar-refractivity contribution is 6.31. The van der Waals surface area contributed by atoms with E-state index in [9.17, 15) is 9.50 Å². The Hall–Kier alpha value is -1.09. The highest BCUT2D eigenvalue weighted by Crippen LogP contribution is 2.29. The van der Waals surface area contributed by atoms with Crippen LogP contribution in [0.2, 0.25) is 10.0 Å². The molecule has 4 heteroatoms. The van der Waals surface area contributed by atoms with Crippen molar-refractivity contribution in [3.8, 4) is 0 Å². The van der Waals surface area contributed by atoms with Crippen LogP contribution in [0, 0.1) is 12.7 Å². The van der Waals surface area contributed by atoms with Gasteiger partial charge in [0, 0.05) is 15.6 Å². The molecule has 94 valence electrons. The largest absolute Gasteiger partial charge is 0.384 e. The summed E-state index contributed by atoms with van der Waals surface area (Å²) >= 11 is 11.7. The van der Waals surface area contributed by atoms with Gasteiger partial charge in [-0.2, -0.15) is 0 Å². The third-order valence-corrected chi connectivity index (χ3v) is 3.16. The molecular formula is C14H11Cl2FO. The van der Waals surface area contributed by atoms with E-state index in [4.69, 9.17) is 23.2 Å². The summed E-state index contributed by atoms with van der Waals surface area (Å²) in [6.07, 6.45) is -1.08. The van der Waals surface area contributed by atoms with Gasteiger partial charge in [-0.15, -0.1) is 0 Å². The second kappa shape index (κ2) is 5.27. The Bertz CT molecular complexity index is 584. The van der Waals surface area contributed by atoms with Gasteiger partial charge < -0.3 is 5.11 Å². The van der Waals surface area contributed by atoms with Crippen molar-refractivity contribution < 1.29 is 9.50 Å². The first-order valence-corrected chi connectivity index (χ1v) is 6.13. The van der Waals surface area contributed by atoms with Gasteiger partial charge in [-0.25, -0.2) is 4.39 Å². The van der Waals surface area contributed by atoms with E-state index in [0.29, 0.717) is 21.2 Å². The fraction of sp³-hybridized carbons (Fsp3) is 0.143. The second-order valence-corrected chi connectivity index (χ2v) is 4.96. The van der Waals surface area contributed by atoms with Crippen LogP contribution in [0.4, 0.5) is 4.39 Å². The SMILES string of the molecule is Cc1cc(Cl)cc(C(O)c2cccc(Cl)c2)c1F. The molecule has 0 aliphatic rings. The molecule has 0 aliphatic carbocycles. The molecule has 0 heterocycles. The van der Waals surface area contributed by atoms with E-state index >= 15 is 0 Å². The van der Waals surface area contributed by atoms with Crippen LogP contribution in [0.25, 0.3) is 0 Å². The van der Waals surface area contributed by atoms with E-state index in [0.717, 1.165) is 0 Å². The lowest BCUT2D eigenvalue weighted by Gasteiger charge is -2.14.